The number of nitrogens with one attached hydrogen (secondary N) is 1. The van der Waals surface area contributed by atoms with Crippen LogP contribution in [0.3, 0.4) is 0 Å². The minimum absolute atomic E-state index is 0.0373. The number of benzene rings is 2. The Morgan fingerprint density at radius 3 is 2.57 bits per heavy atom. The van der Waals surface area contributed by atoms with Crippen LogP contribution in [0.4, 0.5) is 5.69 Å². The highest BCUT2D eigenvalue weighted by molar-refractivity contribution is 6.01. The van der Waals surface area contributed by atoms with Crippen molar-refractivity contribution in [1.82, 2.24) is 4.90 Å². The van der Waals surface area contributed by atoms with Gasteiger partial charge in [0.05, 0.1) is 12.2 Å². The highest BCUT2D eigenvalue weighted by Gasteiger charge is 2.32. The molecule has 1 atom stereocenters. The highest BCUT2D eigenvalue weighted by Crippen LogP contribution is 2.32. The molecule has 1 unspecified atom stereocenters. The normalized spacial score (nSPS) is 17.3. The molecule has 0 fully saturated rings. The minimum Gasteiger partial charge on any atom is -0.383 e. The molecule has 108 valence electrons. The van der Waals surface area contributed by atoms with Crippen molar-refractivity contribution in [2.75, 3.05) is 25.6 Å². The van der Waals surface area contributed by atoms with Gasteiger partial charge in [-0.15, -0.1) is 0 Å². The molecular formula is C17H18N2O2. The van der Waals surface area contributed by atoms with Gasteiger partial charge in [0.1, 0.15) is 6.17 Å². The average Bonchev–Trinajstić information content (AvgIpc) is 2.55. The number of hydrogen-bond acceptors (Lipinski definition) is 3. The number of amides is 1. The van der Waals surface area contributed by atoms with Crippen LogP contribution in [0.2, 0.25) is 0 Å². The first-order valence-corrected chi connectivity index (χ1v) is 7.01. The molecule has 0 saturated carbocycles. The molecule has 0 saturated heterocycles. The van der Waals surface area contributed by atoms with Gasteiger partial charge in [0.15, 0.2) is 0 Å². The van der Waals surface area contributed by atoms with Crippen molar-refractivity contribution in [3.63, 3.8) is 0 Å². The molecule has 21 heavy (non-hydrogen) atoms. The average molecular weight is 282 g/mol. The molecular weight excluding hydrogens is 264 g/mol. The predicted molar refractivity (Wildman–Crippen MR) is 82.2 cm³/mol. The number of fused-ring (bicyclic) bond motifs is 1. The molecule has 1 N–H and O–H groups in total. The summed E-state index contributed by atoms with van der Waals surface area (Å²) in [6, 6.07) is 17.6. The topological polar surface area (TPSA) is 41.6 Å². The summed E-state index contributed by atoms with van der Waals surface area (Å²) in [5.41, 5.74) is 2.65. The molecule has 2 aromatic rings. The molecule has 4 nitrogen and oxygen atoms in total. The summed E-state index contributed by atoms with van der Waals surface area (Å²) in [7, 11) is 1.65. The van der Waals surface area contributed by atoms with Gasteiger partial charge in [0.2, 0.25) is 0 Å². The zero-order valence-corrected chi connectivity index (χ0v) is 12.0. The van der Waals surface area contributed by atoms with Gasteiger partial charge in [0, 0.05) is 19.3 Å². The lowest BCUT2D eigenvalue weighted by Gasteiger charge is -2.38. The van der Waals surface area contributed by atoms with Gasteiger partial charge in [-0.05, 0) is 17.7 Å². The molecule has 1 heterocycles. The number of anilines is 1. The Morgan fingerprint density at radius 1 is 1.10 bits per heavy atom. The zero-order chi connectivity index (χ0) is 14.7. The van der Waals surface area contributed by atoms with Gasteiger partial charge in [-0.3, -0.25) is 4.79 Å². The van der Waals surface area contributed by atoms with Crippen molar-refractivity contribution in [3.8, 4) is 0 Å². The largest absolute Gasteiger partial charge is 0.383 e. The maximum Gasteiger partial charge on any atom is 0.257 e. The third kappa shape index (κ3) is 2.62. The molecule has 0 radical (unpaired) electrons. The number of hydrogen-bond donors (Lipinski definition) is 1. The van der Waals surface area contributed by atoms with Gasteiger partial charge in [-0.2, -0.15) is 0 Å². The van der Waals surface area contributed by atoms with E-state index in [1.165, 1.54) is 0 Å². The molecule has 0 aromatic heterocycles. The Balaban J connectivity index is 1.99. The highest BCUT2D eigenvalue weighted by atomic mass is 16.5. The monoisotopic (exact) mass is 282 g/mol. The van der Waals surface area contributed by atoms with E-state index in [1.54, 1.807) is 7.11 Å². The molecule has 1 aliphatic heterocycles. The predicted octanol–water partition coefficient (Wildman–Crippen LogP) is 2.90. The Bertz CT molecular complexity index is 628. The van der Waals surface area contributed by atoms with E-state index in [4.69, 9.17) is 4.74 Å². The molecule has 4 heteroatoms. The minimum atomic E-state index is -0.163. The summed E-state index contributed by atoms with van der Waals surface area (Å²) in [4.78, 5) is 14.6. The van der Waals surface area contributed by atoms with Crippen molar-refractivity contribution in [1.29, 1.82) is 0 Å². The lowest BCUT2D eigenvalue weighted by molar-refractivity contribution is 0.0609. The Morgan fingerprint density at radius 2 is 1.81 bits per heavy atom. The van der Waals surface area contributed by atoms with Crippen LogP contribution >= 0.6 is 0 Å². The van der Waals surface area contributed by atoms with Crippen molar-refractivity contribution in [3.05, 3.63) is 65.7 Å². The fourth-order valence-corrected chi connectivity index (χ4v) is 2.61. The Labute approximate surface area is 124 Å². The standard InChI is InChI=1S/C17H18N2O2/c1-21-12-11-19-16(13-7-3-2-4-8-13)18-15-10-6-5-9-14(15)17(19)20/h2-10,16,18H,11-12H2,1H3. The fourth-order valence-electron chi connectivity index (χ4n) is 2.61. The number of para-hydroxylation sites is 1. The SMILES string of the molecule is COCCN1C(=O)c2ccccc2NC1c1ccccc1. The Hall–Kier alpha value is -2.33. The number of ether oxygens (including phenoxy) is 1. The second-order valence-electron chi connectivity index (χ2n) is 4.99. The van der Waals surface area contributed by atoms with Crippen molar-refractivity contribution >= 4 is 11.6 Å². The lowest BCUT2D eigenvalue weighted by Crippen LogP contribution is -2.44. The van der Waals surface area contributed by atoms with Crippen LogP contribution in [0.25, 0.3) is 0 Å². The van der Waals surface area contributed by atoms with Crippen molar-refractivity contribution < 1.29 is 9.53 Å². The van der Waals surface area contributed by atoms with E-state index in [0.717, 1.165) is 11.3 Å². The van der Waals surface area contributed by atoms with Gasteiger partial charge < -0.3 is 15.0 Å². The quantitative estimate of drug-likeness (QED) is 0.937. The van der Waals surface area contributed by atoms with E-state index < -0.39 is 0 Å². The van der Waals surface area contributed by atoms with Gasteiger partial charge in [0.25, 0.3) is 5.91 Å². The first-order valence-electron chi connectivity index (χ1n) is 7.01. The van der Waals surface area contributed by atoms with Crippen LogP contribution in [0.1, 0.15) is 22.1 Å². The van der Waals surface area contributed by atoms with Crippen LogP contribution in [0.5, 0.6) is 0 Å². The van der Waals surface area contributed by atoms with Crippen molar-refractivity contribution in [2.24, 2.45) is 0 Å². The summed E-state index contributed by atoms with van der Waals surface area (Å²) in [6.45, 7) is 1.06. The summed E-state index contributed by atoms with van der Waals surface area (Å²) in [5, 5.41) is 3.45. The second-order valence-corrected chi connectivity index (χ2v) is 4.99. The van der Waals surface area contributed by atoms with Crippen LogP contribution < -0.4 is 5.32 Å². The number of carbonyl (C=O) groups is 1. The lowest BCUT2D eigenvalue weighted by atomic mass is 10.0. The first-order chi connectivity index (χ1) is 10.3. The van der Waals surface area contributed by atoms with E-state index in [1.807, 2.05) is 59.5 Å². The van der Waals surface area contributed by atoms with Gasteiger partial charge in [-0.1, -0.05) is 42.5 Å². The van der Waals surface area contributed by atoms with Gasteiger partial charge >= 0.3 is 0 Å². The molecule has 0 aliphatic carbocycles. The van der Waals surface area contributed by atoms with Crippen LogP contribution in [-0.2, 0) is 4.74 Å². The van der Waals surface area contributed by atoms with E-state index in [2.05, 4.69) is 5.32 Å². The number of methoxy groups -OCH3 is 1. The van der Waals surface area contributed by atoms with E-state index in [0.29, 0.717) is 18.7 Å². The molecule has 2 aromatic carbocycles. The zero-order valence-electron chi connectivity index (χ0n) is 12.0. The molecule has 1 aliphatic rings. The number of carbonyl (C=O) groups excluding carboxylic acids is 1. The third-order valence-corrected chi connectivity index (χ3v) is 3.67. The maximum atomic E-state index is 12.7. The summed E-state index contributed by atoms with van der Waals surface area (Å²) in [5.74, 6) is 0.0373. The number of nitrogens with zero attached hydrogens (tertiary/aromatic N) is 1. The smallest absolute Gasteiger partial charge is 0.257 e. The van der Waals surface area contributed by atoms with E-state index in [9.17, 15) is 4.79 Å². The second kappa shape index (κ2) is 5.97. The number of rotatable bonds is 4. The van der Waals surface area contributed by atoms with E-state index >= 15 is 0 Å². The first kappa shape index (κ1) is 13.6. The molecule has 0 bridgehead atoms. The maximum absolute atomic E-state index is 12.7. The summed E-state index contributed by atoms with van der Waals surface area (Å²) in [6.07, 6.45) is -0.163. The fraction of sp³-hybridized carbons (Fsp3) is 0.235. The van der Waals surface area contributed by atoms with Gasteiger partial charge in [-0.25, -0.2) is 0 Å². The summed E-state index contributed by atoms with van der Waals surface area (Å²) >= 11 is 0. The van der Waals surface area contributed by atoms with E-state index in [-0.39, 0.29) is 12.1 Å². The van der Waals surface area contributed by atoms with Crippen LogP contribution in [0.15, 0.2) is 54.6 Å². The van der Waals surface area contributed by atoms with Crippen LogP contribution in [-0.4, -0.2) is 31.1 Å². The summed E-state index contributed by atoms with van der Waals surface area (Å²) < 4.78 is 5.14. The molecule has 0 spiro atoms. The van der Waals surface area contributed by atoms with Crippen LogP contribution in [0, 0.1) is 0 Å². The molecule has 1 amide bonds. The van der Waals surface area contributed by atoms with Crippen molar-refractivity contribution in [2.45, 2.75) is 6.17 Å². The molecule has 3 rings (SSSR count). The third-order valence-electron chi connectivity index (χ3n) is 3.67. The Kier molecular flexibility index (Phi) is 3.88.